The van der Waals surface area contributed by atoms with Gasteiger partial charge >= 0.3 is 0 Å². The molecule has 0 spiro atoms. The second kappa shape index (κ2) is 7.79. The Bertz CT molecular complexity index is 942. The lowest BCUT2D eigenvalue weighted by Crippen LogP contribution is -2.37. The highest BCUT2D eigenvalue weighted by Gasteiger charge is 2.35. The van der Waals surface area contributed by atoms with Crippen LogP contribution >= 0.6 is 0 Å². The fraction of sp³-hybridized carbons (Fsp3) is 0.333. The molecular formula is C21H21F2N3O3. The lowest BCUT2D eigenvalue weighted by molar-refractivity contribution is 0.0934. The number of halogens is 2. The van der Waals surface area contributed by atoms with Gasteiger partial charge in [0.2, 0.25) is 0 Å². The molecular weight excluding hydrogens is 380 g/mol. The van der Waals surface area contributed by atoms with Gasteiger partial charge in [0.15, 0.2) is 0 Å². The van der Waals surface area contributed by atoms with E-state index in [0.29, 0.717) is 12.1 Å². The molecule has 0 bridgehead atoms. The third-order valence-electron chi connectivity index (χ3n) is 5.24. The van der Waals surface area contributed by atoms with Crippen LogP contribution in [0.25, 0.3) is 0 Å². The van der Waals surface area contributed by atoms with Crippen molar-refractivity contribution in [3.63, 3.8) is 0 Å². The van der Waals surface area contributed by atoms with Crippen LogP contribution in [-0.4, -0.2) is 47.0 Å². The maximum atomic E-state index is 13.3. The van der Waals surface area contributed by atoms with Gasteiger partial charge in [-0.25, -0.2) is 8.78 Å². The summed E-state index contributed by atoms with van der Waals surface area (Å²) in [5.41, 5.74) is 0.115. The van der Waals surface area contributed by atoms with Crippen molar-refractivity contribution in [2.45, 2.75) is 31.3 Å². The molecule has 1 unspecified atom stereocenters. The maximum Gasteiger partial charge on any atom is 0.255 e. The molecule has 3 N–H and O–H groups in total. The summed E-state index contributed by atoms with van der Waals surface area (Å²) >= 11 is 0. The third-order valence-corrected chi connectivity index (χ3v) is 5.24. The summed E-state index contributed by atoms with van der Waals surface area (Å²) in [5.74, 6) is -3.13. The molecule has 2 aromatic carbocycles. The molecule has 2 amide bonds. The number of amides is 2. The molecule has 0 radical (unpaired) electrons. The first-order valence-corrected chi connectivity index (χ1v) is 9.54. The van der Waals surface area contributed by atoms with Gasteiger partial charge in [0.25, 0.3) is 11.8 Å². The van der Waals surface area contributed by atoms with E-state index in [4.69, 9.17) is 0 Å². The summed E-state index contributed by atoms with van der Waals surface area (Å²) in [6.07, 6.45) is 3.31. The van der Waals surface area contributed by atoms with E-state index in [2.05, 4.69) is 15.5 Å². The highest BCUT2D eigenvalue weighted by molar-refractivity contribution is 6.05. The quantitative estimate of drug-likeness (QED) is 0.720. The van der Waals surface area contributed by atoms with Crippen molar-refractivity contribution in [2.75, 3.05) is 18.4 Å². The minimum absolute atomic E-state index is 0.0461. The van der Waals surface area contributed by atoms with Gasteiger partial charge in [0.1, 0.15) is 17.4 Å². The number of nitrogens with one attached hydrogen (secondary N) is 2. The molecule has 1 aliphatic heterocycles. The smallest absolute Gasteiger partial charge is 0.255 e. The number of hydrogen-bond acceptors (Lipinski definition) is 4. The van der Waals surface area contributed by atoms with Gasteiger partial charge in [0.05, 0.1) is 5.56 Å². The second-order valence-corrected chi connectivity index (χ2v) is 7.53. The number of carbonyl (C=O) groups excluding carboxylic acids is 2. The van der Waals surface area contributed by atoms with Crippen LogP contribution in [0.3, 0.4) is 0 Å². The average Bonchev–Trinajstić information content (AvgIpc) is 3.40. The number of aromatic hydroxyl groups is 1. The summed E-state index contributed by atoms with van der Waals surface area (Å²) in [5, 5.41) is 15.6. The molecule has 2 aliphatic rings. The van der Waals surface area contributed by atoms with Crippen LogP contribution in [0.2, 0.25) is 0 Å². The predicted octanol–water partition coefficient (Wildman–Crippen LogP) is 2.89. The molecule has 8 heteroatoms. The highest BCUT2D eigenvalue weighted by atomic mass is 19.1. The Morgan fingerprint density at radius 3 is 2.38 bits per heavy atom. The fourth-order valence-corrected chi connectivity index (χ4v) is 3.63. The Morgan fingerprint density at radius 1 is 1.00 bits per heavy atom. The number of likely N-dealkylation sites (tertiary alicyclic amines) is 1. The predicted molar refractivity (Wildman–Crippen MR) is 103 cm³/mol. The number of hydrogen-bond donors (Lipinski definition) is 3. The van der Waals surface area contributed by atoms with Crippen molar-refractivity contribution in [3.05, 3.63) is 59.2 Å². The number of nitrogens with zero attached hydrogens (tertiary/aromatic N) is 1. The summed E-state index contributed by atoms with van der Waals surface area (Å²) < 4.78 is 26.5. The number of benzene rings is 2. The van der Waals surface area contributed by atoms with E-state index < -0.39 is 17.5 Å². The summed E-state index contributed by atoms with van der Waals surface area (Å²) in [6.45, 7) is 1.78. The standard InChI is InChI=1S/C21H21F2N3O3/c22-13-7-12(8-14(23)9-13)20(28)24-15-1-4-18(19(27)10-15)21(29)25-16-5-6-26(11-16)17-2-3-17/h1,4,7-10,16-17,27H,2-3,5-6,11H2,(H,24,28)(H,25,29). The molecule has 1 atom stereocenters. The molecule has 1 aliphatic carbocycles. The van der Waals surface area contributed by atoms with Crippen LogP contribution in [0.15, 0.2) is 36.4 Å². The number of anilines is 1. The summed E-state index contributed by atoms with van der Waals surface area (Å²) in [7, 11) is 0. The number of phenols is 1. The molecule has 1 saturated heterocycles. The van der Waals surface area contributed by atoms with Crippen molar-refractivity contribution in [1.29, 1.82) is 0 Å². The molecule has 152 valence electrons. The maximum absolute atomic E-state index is 13.3. The molecule has 4 rings (SSSR count). The minimum atomic E-state index is -0.864. The largest absolute Gasteiger partial charge is 0.507 e. The molecule has 1 saturated carbocycles. The van der Waals surface area contributed by atoms with Crippen LogP contribution in [0.4, 0.5) is 14.5 Å². The zero-order valence-electron chi connectivity index (χ0n) is 15.6. The zero-order chi connectivity index (χ0) is 20.5. The van der Waals surface area contributed by atoms with Crippen LogP contribution in [0.5, 0.6) is 5.75 Å². The monoisotopic (exact) mass is 401 g/mol. The van der Waals surface area contributed by atoms with Crippen molar-refractivity contribution in [1.82, 2.24) is 10.2 Å². The molecule has 1 heterocycles. The van der Waals surface area contributed by atoms with Crippen molar-refractivity contribution in [3.8, 4) is 5.75 Å². The lowest BCUT2D eigenvalue weighted by atomic mass is 10.1. The number of rotatable bonds is 5. The fourth-order valence-electron chi connectivity index (χ4n) is 3.63. The molecule has 6 nitrogen and oxygen atoms in total. The van der Waals surface area contributed by atoms with E-state index in [9.17, 15) is 23.5 Å². The van der Waals surface area contributed by atoms with Crippen LogP contribution in [0, 0.1) is 11.6 Å². The van der Waals surface area contributed by atoms with Crippen LogP contribution in [0.1, 0.15) is 40.0 Å². The van der Waals surface area contributed by atoms with E-state index in [1.807, 2.05) is 0 Å². The molecule has 2 fully saturated rings. The SMILES string of the molecule is O=C(Nc1ccc(C(=O)NC2CCN(C3CC3)C2)c(O)c1)c1cc(F)cc(F)c1. The Balaban J connectivity index is 1.39. The van der Waals surface area contributed by atoms with Crippen molar-refractivity contribution in [2.24, 2.45) is 0 Å². The number of phenolic OH excluding ortho intramolecular Hbond substituents is 1. The van der Waals surface area contributed by atoms with Crippen LogP contribution < -0.4 is 10.6 Å². The van der Waals surface area contributed by atoms with Crippen molar-refractivity contribution < 1.29 is 23.5 Å². The number of carbonyl (C=O) groups is 2. The van der Waals surface area contributed by atoms with E-state index >= 15 is 0 Å². The Kier molecular flexibility index (Phi) is 5.19. The summed E-state index contributed by atoms with van der Waals surface area (Å²) in [6, 6.07) is 7.27. The first-order valence-electron chi connectivity index (χ1n) is 9.54. The van der Waals surface area contributed by atoms with E-state index in [1.54, 1.807) is 0 Å². The van der Waals surface area contributed by atoms with Gasteiger partial charge in [-0.3, -0.25) is 14.5 Å². The minimum Gasteiger partial charge on any atom is -0.507 e. The first kappa shape index (κ1) is 19.3. The van der Waals surface area contributed by atoms with Gasteiger partial charge in [-0.15, -0.1) is 0 Å². The molecule has 2 aromatic rings. The van der Waals surface area contributed by atoms with Gasteiger partial charge in [-0.05, 0) is 43.5 Å². The Morgan fingerprint density at radius 2 is 1.72 bits per heavy atom. The highest BCUT2D eigenvalue weighted by Crippen LogP contribution is 2.30. The van der Waals surface area contributed by atoms with Gasteiger partial charge in [-0.2, -0.15) is 0 Å². The van der Waals surface area contributed by atoms with Crippen molar-refractivity contribution >= 4 is 17.5 Å². The summed E-state index contributed by atoms with van der Waals surface area (Å²) in [4.78, 5) is 27.0. The van der Waals surface area contributed by atoms with E-state index in [-0.39, 0.29) is 34.5 Å². The topological polar surface area (TPSA) is 81.7 Å². The Hall–Kier alpha value is -3.00. The molecule has 29 heavy (non-hydrogen) atoms. The normalized spacial score (nSPS) is 19.2. The molecule has 0 aromatic heterocycles. The second-order valence-electron chi connectivity index (χ2n) is 7.53. The third kappa shape index (κ3) is 4.54. The first-order chi connectivity index (χ1) is 13.9. The lowest BCUT2D eigenvalue weighted by Gasteiger charge is -2.16. The van der Waals surface area contributed by atoms with Crippen LogP contribution in [-0.2, 0) is 0 Å². The van der Waals surface area contributed by atoms with E-state index in [0.717, 1.165) is 31.6 Å². The van der Waals surface area contributed by atoms with Gasteiger partial charge in [-0.1, -0.05) is 0 Å². The average molecular weight is 401 g/mol. The van der Waals surface area contributed by atoms with E-state index in [1.165, 1.54) is 31.0 Å². The van der Waals surface area contributed by atoms with Gasteiger partial charge in [0, 0.05) is 48.6 Å². The van der Waals surface area contributed by atoms with Gasteiger partial charge < -0.3 is 15.7 Å². The zero-order valence-corrected chi connectivity index (χ0v) is 15.6. The Labute approximate surface area is 166 Å².